The summed E-state index contributed by atoms with van der Waals surface area (Å²) in [4.78, 5) is 2.31. The molecule has 1 aromatic rings. The first-order valence-corrected chi connectivity index (χ1v) is 7.33. The van der Waals surface area contributed by atoms with E-state index in [4.69, 9.17) is 23.8 Å². The van der Waals surface area contributed by atoms with Gasteiger partial charge in [0.05, 0.1) is 10.7 Å². The lowest BCUT2D eigenvalue weighted by Crippen LogP contribution is -2.45. The summed E-state index contributed by atoms with van der Waals surface area (Å²) >= 11 is 11.7. The Morgan fingerprint density at radius 1 is 1.44 bits per heavy atom. The van der Waals surface area contributed by atoms with Crippen molar-refractivity contribution in [1.82, 2.24) is 4.90 Å². The molecule has 0 spiro atoms. The van der Waals surface area contributed by atoms with E-state index in [1.54, 1.807) is 0 Å². The second-order valence-corrected chi connectivity index (χ2v) is 5.46. The second kappa shape index (κ2) is 6.39. The average Bonchev–Trinajstić information content (AvgIpc) is 2.41. The van der Waals surface area contributed by atoms with Gasteiger partial charge in [-0.25, -0.2) is 0 Å². The van der Waals surface area contributed by atoms with E-state index in [9.17, 15) is 0 Å². The number of likely N-dealkylation sites (tertiary alicyclic amines) is 1. The molecule has 0 amide bonds. The van der Waals surface area contributed by atoms with Crippen molar-refractivity contribution in [3.63, 3.8) is 0 Å². The van der Waals surface area contributed by atoms with Crippen LogP contribution in [0.5, 0.6) is 0 Å². The van der Waals surface area contributed by atoms with Crippen molar-refractivity contribution in [3.8, 4) is 0 Å². The second-order valence-electron chi connectivity index (χ2n) is 4.66. The van der Waals surface area contributed by atoms with Crippen molar-refractivity contribution >= 4 is 34.6 Å². The summed E-state index contributed by atoms with van der Waals surface area (Å²) in [6.07, 6.45) is 4.91. The summed E-state index contributed by atoms with van der Waals surface area (Å²) in [6, 6.07) is 8.29. The predicted octanol–water partition coefficient (Wildman–Crippen LogP) is 4.30. The van der Waals surface area contributed by atoms with Crippen LogP contribution in [0, 0.1) is 0 Å². The van der Waals surface area contributed by atoms with Crippen LogP contribution >= 0.6 is 23.8 Å². The molecule has 4 heteroatoms. The molecule has 1 fully saturated rings. The number of benzene rings is 1. The maximum atomic E-state index is 6.14. The third-order valence-corrected chi connectivity index (χ3v) is 4.14. The van der Waals surface area contributed by atoms with Crippen molar-refractivity contribution in [1.29, 1.82) is 0 Å². The summed E-state index contributed by atoms with van der Waals surface area (Å²) in [5.74, 6) is 0. The number of rotatable bonds is 2. The molecule has 0 aromatic heterocycles. The molecule has 18 heavy (non-hydrogen) atoms. The van der Waals surface area contributed by atoms with Gasteiger partial charge in [0.15, 0.2) is 5.11 Å². The highest BCUT2D eigenvalue weighted by molar-refractivity contribution is 7.80. The molecule has 1 aliphatic heterocycles. The molecular formula is C14H19ClN2S. The molecule has 1 N–H and O–H groups in total. The molecule has 2 rings (SSSR count). The molecule has 1 saturated heterocycles. The lowest BCUT2D eigenvalue weighted by molar-refractivity contribution is 0.239. The van der Waals surface area contributed by atoms with Crippen LogP contribution in [0.4, 0.5) is 5.69 Å². The van der Waals surface area contributed by atoms with Crippen LogP contribution in [-0.2, 0) is 0 Å². The molecule has 98 valence electrons. The summed E-state index contributed by atoms with van der Waals surface area (Å²) in [5, 5.41) is 4.78. The first-order valence-electron chi connectivity index (χ1n) is 6.54. The van der Waals surface area contributed by atoms with Crippen LogP contribution in [0.15, 0.2) is 24.3 Å². The SMILES string of the molecule is CCC1CCCCN1C(=S)Nc1ccccc1Cl. The third-order valence-electron chi connectivity index (χ3n) is 3.47. The zero-order valence-corrected chi connectivity index (χ0v) is 12.2. The average molecular weight is 283 g/mol. The van der Waals surface area contributed by atoms with Crippen molar-refractivity contribution < 1.29 is 0 Å². The third kappa shape index (κ3) is 3.15. The molecule has 1 aromatic carbocycles. The first-order chi connectivity index (χ1) is 8.72. The van der Waals surface area contributed by atoms with Gasteiger partial charge < -0.3 is 10.2 Å². The Bertz CT molecular complexity index is 422. The fourth-order valence-corrected chi connectivity index (χ4v) is 2.98. The minimum Gasteiger partial charge on any atom is -0.346 e. The Kier molecular flexibility index (Phi) is 4.84. The first kappa shape index (κ1) is 13.6. The maximum absolute atomic E-state index is 6.14. The van der Waals surface area contributed by atoms with Crippen molar-refractivity contribution in [2.75, 3.05) is 11.9 Å². The van der Waals surface area contributed by atoms with Crippen LogP contribution in [0.1, 0.15) is 32.6 Å². The number of nitrogens with zero attached hydrogens (tertiary/aromatic N) is 1. The highest BCUT2D eigenvalue weighted by atomic mass is 35.5. The van der Waals surface area contributed by atoms with Gasteiger partial charge in [-0.3, -0.25) is 0 Å². The van der Waals surface area contributed by atoms with E-state index in [-0.39, 0.29) is 0 Å². The van der Waals surface area contributed by atoms with Gasteiger partial charge in [-0.15, -0.1) is 0 Å². The van der Waals surface area contributed by atoms with Gasteiger partial charge in [0, 0.05) is 12.6 Å². The predicted molar refractivity (Wildman–Crippen MR) is 82.3 cm³/mol. The molecule has 0 bridgehead atoms. The van der Waals surface area contributed by atoms with Crippen molar-refractivity contribution in [3.05, 3.63) is 29.3 Å². The Hall–Kier alpha value is -0.800. The monoisotopic (exact) mass is 282 g/mol. The summed E-state index contributed by atoms with van der Waals surface area (Å²) in [7, 11) is 0. The molecule has 1 unspecified atom stereocenters. The molecule has 0 radical (unpaired) electrons. The highest BCUT2D eigenvalue weighted by Gasteiger charge is 2.23. The number of nitrogens with one attached hydrogen (secondary N) is 1. The van der Waals surface area contributed by atoms with Crippen LogP contribution < -0.4 is 5.32 Å². The topological polar surface area (TPSA) is 15.3 Å². The van der Waals surface area contributed by atoms with E-state index in [1.807, 2.05) is 24.3 Å². The molecule has 1 atom stereocenters. The van der Waals surface area contributed by atoms with Gasteiger partial charge >= 0.3 is 0 Å². The van der Waals surface area contributed by atoms with E-state index in [1.165, 1.54) is 19.3 Å². The number of halogens is 1. The zero-order valence-electron chi connectivity index (χ0n) is 10.7. The molecule has 0 aliphatic carbocycles. The highest BCUT2D eigenvalue weighted by Crippen LogP contribution is 2.24. The standard InChI is InChI=1S/C14H19ClN2S/c1-2-11-7-5-6-10-17(11)14(18)16-13-9-4-3-8-12(13)15/h3-4,8-9,11H,2,5-7,10H2,1H3,(H,16,18). The Morgan fingerprint density at radius 3 is 2.94 bits per heavy atom. The van der Waals surface area contributed by atoms with Crippen LogP contribution in [0.3, 0.4) is 0 Å². The zero-order chi connectivity index (χ0) is 13.0. The van der Waals surface area contributed by atoms with Crippen LogP contribution in [-0.4, -0.2) is 22.6 Å². The summed E-state index contributed by atoms with van der Waals surface area (Å²) in [5.41, 5.74) is 0.893. The van der Waals surface area contributed by atoms with Crippen LogP contribution in [0.2, 0.25) is 5.02 Å². The minimum atomic E-state index is 0.571. The molecule has 0 saturated carbocycles. The smallest absolute Gasteiger partial charge is 0.173 e. The Labute approximate surface area is 119 Å². The number of hydrogen-bond donors (Lipinski definition) is 1. The van der Waals surface area contributed by atoms with Gasteiger partial charge in [0.2, 0.25) is 0 Å². The van der Waals surface area contributed by atoms with Crippen LogP contribution in [0.25, 0.3) is 0 Å². The van der Waals surface area contributed by atoms with Gasteiger partial charge in [-0.05, 0) is 50.0 Å². The summed E-state index contributed by atoms with van der Waals surface area (Å²) in [6.45, 7) is 3.27. The largest absolute Gasteiger partial charge is 0.346 e. The maximum Gasteiger partial charge on any atom is 0.173 e. The molecular weight excluding hydrogens is 264 g/mol. The lowest BCUT2D eigenvalue weighted by Gasteiger charge is -2.37. The fraction of sp³-hybridized carbons (Fsp3) is 0.500. The number of para-hydroxylation sites is 1. The number of piperidine rings is 1. The Morgan fingerprint density at radius 2 is 2.22 bits per heavy atom. The van der Waals surface area contributed by atoms with E-state index >= 15 is 0 Å². The van der Waals surface area contributed by atoms with E-state index < -0.39 is 0 Å². The fourth-order valence-electron chi connectivity index (χ4n) is 2.44. The number of thiocarbonyl (C=S) groups is 1. The molecule has 2 nitrogen and oxygen atoms in total. The minimum absolute atomic E-state index is 0.571. The van der Waals surface area contributed by atoms with E-state index in [2.05, 4.69) is 17.1 Å². The normalized spacial score (nSPS) is 19.7. The number of anilines is 1. The number of hydrogen-bond acceptors (Lipinski definition) is 1. The van der Waals surface area contributed by atoms with E-state index in [0.29, 0.717) is 11.1 Å². The molecule has 1 aliphatic rings. The van der Waals surface area contributed by atoms with Gasteiger partial charge in [-0.2, -0.15) is 0 Å². The van der Waals surface area contributed by atoms with E-state index in [0.717, 1.165) is 23.8 Å². The van der Waals surface area contributed by atoms with Crippen molar-refractivity contribution in [2.45, 2.75) is 38.6 Å². The Balaban J connectivity index is 2.05. The summed E-state index contributed by atoms with van der Waals surface area (Å²) < 4.78 is 0. The van der Waals surface area contributed by atoms with Gasteiger partial charge in [0.1, 0.15) is 0 Å². The quantitative estimate of drug-likeness (QED) is 0.814. The molecule has 1 heterocycles. The van der Waals surface area contributed by atoms with Gasteiger partial charge in [0.25, 0.3) is 0 Å². The lowest BCUT2D eigenvalue weighted by atomic mass is 10.0. The van der Waals surface area contributed by atoms with Crippen molar-refractivity contribution in [2.24, 2.45) is 0 Å². The van der Waals surface area contributed by atoms with Gasteiger partial charge in [-0.1, -0.05) is 30.7 Å².